The first kappa shape index (κ1) is 14.8. The minimum Gasteiger partial charge on any atom is -0.426 e. The lowest BCUT2D eigenvalue weighted by Crippen LogP contribution is -2.20. The summed E-state index contributed by atoms with van der Waals surface area (Å²) in [5.41, 5.74) is 2.79. The molecule has 2 aromatic carbocycles. The molecule has 4 heteroatoms. The molecule has 2 aromatic rings. The molecule has 0 aliphatic rings. The van der Waals surface area contributed by atoms with Crippen molar-refractivity contribution in [2.75, 3.05) is 5.32 Å². The smallest absolute Gasteiger partial charge is 0.320 e. The van der Waals surface area contributed by atoms with E-state index in [0.717, 1.165) is 11.1 Å². The van der Waals surface area contributed by atoms with Crippen LogP contribution in [0.1, 0.15) is 17.5 Å². The zero-order valence-corrected chi connectivity index (χ0v) is 12.1. The number of benzene rings is 2. The second-order valence-electron chi connectivity index (χ2n) is 4.89. The third kappa shape index (κ3) is 4.76. The number of carbonyl (C=O) groups is 2. The highest BCUT2D eigenvalue weighted by Crippen LogP contribution is 2.14. The van der Waals surface area contributed by atoms with E-state index in [4.69, 9.17) is 4.74 Å². The second kappa shape index (κ2) is 6.70. The third-order valence-electron chi connectivity index (χ3n) is 2.79. The monoisotopic (exact) mass is 283 g/mol. The van der Waals surface area contributed by atoms with Crippen LogP contribution in [0.3, 0.4) is 0 Å². The van der Waals surface area contributed by atoms with Crippen molar-refractivity contribution in [2.24, 2.45) is 0 Å². The molecule has 0 spiro atoms. The third-order valence-corrected chi connectivity index (χ3v) is 2.79. The Hall–Kier alpha value is -2.62. The molecule has 0 aromatic heterocycles. The highest BCUT2D eigenvalue weighted by Gasteiger charge is 2.12. The summed E-state index contributed by atoms with van der Waals surface area (Å²) >= 11 is 0. The standard InChI is InChI=1S/C17H17NO3/c1-12-8-13(2)10-14(9-12)18-16(19)11-17(20)21-15-6-4-3-5-7-15/h3-10H,11H2,1-2H3,(H,18,19). The topological polar surface area (TPSA) is 55.4 Å². The molecule has 0 saturated heterocycles. The molecule has 1 amide bonds. The summed E-state index contributed by atoms with van der Waals surface area (Å²) in [7, 11) is 0. The van der Waals surface area contributed by atoms with Crippen LogP contribution in [0.25, 0.3) is 0 Å². The molecule has 1 N–H and O–H groups in total. The molecule has 2 rings (SSSR count). The maximum atomic E-state index is 11.8. The molecule has 0 saturated carbocycles. The first-order valence-corrected chi connectivity index (χ1v) is 6.67. The lowest BCUT2D eigenvalue weighted by atomic mass is 10.1. The number of para-hydroxylation sites is 1. The van der Waals surface area contributed by atoms with Crippen molar-refractivity contribution in [1.82, 2.24) is 0 Å². The fourth-order valence-corrected chi connectivity index (χ4v) is 2.04. The minimum atomic E-state index is -0.580. The molecule has 0 bridgehead atoms. The van der Waals surface area contributed by atoms with Gasteiger partial charge in [0.2, 0.25) is 5.91 Å². The van der Waals surface area contributed by atoms with Crippen LogP contribution in [0.5, 0.6) is 5.75 Å². The van der Waals surface area contributed by atoms with Crippen molar-refractivity contribution in [3.63, 3.8) is 0 Å². The second-order valence-corrected chi connectivity index (χ2v) is 4.89. The normalized spacial score (nSPS) is 10.0. The highest BCUT2D eigenvalue weighted by molar-refractivity contribution is 6.02. The average Bonchev–Trinajstić information content (AvgIpc) is 2.37. The van der Waals surface area contributed by atoms with E-state index in [1.807, 2.05) is 38.1 Å². The van der Waals surface area contributed by atoms with Crippen LogP contribution >= 0.6 is 0 Å². The Morgan fingerprint density at radius 3 is 2.24 bits per heavy atom. The molecule has 0 aliphatic carbocycles. The van der Waals surface area contributed by atoms with Crippen molar-refractivity contribution < 1.29 is 14.3 Å². The van der Waals surface area contributed by atoms with Gasteiger partial charge in [-0.05, 0) is 49.2 Å². The highest BCUT2D eigenvalue weighted by atomic mass is 16.5. The van der Waals surface area contributed by atoms with Gasteiger partial charge in [-0.3, -0.25) is 9.59 Å². The summed E-state index contributed by atoms with van der Waals surface area (Å²) in [5, 5.41) is 2.70. The van der Waals surface area contributed by atoms with Gasteiger partial charge in [0.15, 0.2) is 0 Å². The van der Waals surface area contributed by atoms with Crippen LogP contribution in [0.15, 0.2) is 48.5 Å². The summed E-state index contributed by atoms with van der Waals surface area (Å²) in [6, 6.07) is 14.4. The Balaban J connectivity index is 1.91. The lowest BCUT2D eigenvalue weighted by molar-refractivity contribution is -0.137. The predicted octanol–water partition coefficient (Wildman–Crippen LogP) is 3.24. The molecule has 0 aliphatic heterocycles. The van der Waals surface area contributed by atoms with Crippen molar-refractivity contribution in [2.45, 2.75) is 20.3 Å². The van der Waals surface area contributed by atoms with Crippen molar-refractivity contribution in [1.29, 1.82) is 0 Å². The summed E-state index contributed by atoms with van der Waals surface area (Å²) in [6.45, 7) is 3.90. The van der Waals surface area contributed by atoms with E-state index < -0.39 is 5.97 Å². The number of rotatable bonds is 4. The molecule has 0 fully saturated rings. The number of ether oxygens (including phenoxy) is 1. The van der Waals surface area contributed by atoms with Gasteiger partial charge in [-0.1, -0.05) is 24.3 Å². The minimum absolute atomic E-state index is 0.318. The number of aryl methyl sites for hydroxylation is 2. The van der Waals surface area contributed by atoms with Crippen LogP contribution in [-0.4, -0.2) is 11.9 Å². The average molecular weight is 283 g/mol. The predicted molar refractivity (Wildman–Crippen MR) is 81.2 cm³/mol. The van der Waals surface area contributed by atoms with Gasteiger partial charge in [0, 0.05) is 5.69 Å². The van der Waals surface area contributed by atoms with E-state index in [9.17, 15) is 9.59 Å². The van der Waals surface area contributed by atoms with Gasteiger partial charge in [-0.2, -0.15) is 0 Å². The SMILES string of the molecule is Cc1cc(C)cc(NC(=O)CC(=O)Oc2ccccc2)c1. The van der Waals surface area contributed by atoms with Gasteiger partial charge >= 0.3 is 5.97 Å². The molecule has 4 nitrogen and oxygen atoms in total. The van der Waals surface area contributed by atoms with Crippen LogP contribution in [0.2, 0.25) is 0 Å². The number of amides is 1. The van der Waals surface area contributed by atoms with Crippen molar-refractivity contribution in [3.8, 4) is 5.75 Å². The van der Waals surface area contributed by atoms with Gasteiger partial charge in [0.05, 0.1) is 0 Å². The lowest BCUT2D eigenvalue weighted by Gasteiger charge is -2.07. The fourth-order valence-electron chi connectivity index (χ4n) is 2.04. The molecule has 0 atom stereocenters. The van der Waals surface area contributed by atoms with Gasteiger partial charge < -0.3 is 10.1 Å². The van der Waals surface area contributed by atoms with Crippen LogP contribution in [0.4, 0.5) is 5.69 Å². The molecule has 0 radical (unpaired) electrons. The van der Waals surface area contributed by atoms with Gasteiger partial charge in [-0.25, -0.2) is 0 Å². The summed E-state index contributed by atoms with van der Waals surface area (Å²) < 4.78 is 5.07. The van der Waals surface area contributed by atoms with E-state index in [-0.39, 0.29) is 12.3 Å². The van der Waals surface area contributed by atoms with Crippen molar-refractivity contribution >= 4 is 17.6 Å². The number of hydrogen-bond donors (Lipinski definition) is 1. The number of hydrogen-bond acceptors (Lipinski definition) is 3. The number of esters is 1. The summed E-state index contributed by atoms with van der Waals surface area (Å²) in [4.78, 5) is 23.5. The zero-order valence-electron chi connectivity index (χ0n) is 12.1. The largest absolute Gasteiger partial charge is 0.426 e. The van der Waals surface area contributed by atoms with Crippen LogP contribution in [0, 0.1) is 13.8 Å². The van der Waals surface area contributed by atoms with Gasteiger partial charge in [0.25, 0.3) is 0 Å². The Morgan fingerprint density at radius 2 is 1.62 bits per heavy atom. The van der Waals surface area contributed by atoms with E-state index in [1.54, 1.807) is 24.3 Å². The Morgan fingerprint density at radius 1 is 1.00 bits per heavy atom. The molecular formula is C17H17NO3. The molecule has 0 heterocycles. The Kier molecular flexibility index (Phi) is 4.72. The van der Waals surface area contributed by atoms with Gasteiger partial charge in [-0.15, -0.1) is 0 Å². The Labute approximate surface area is 123 Å². The number of carbonyl (C=O) groups excluding carboxylic acids is 2. The summed E-state index contributed by atoms with van der Waals surface area (Å²) in [5.74, 6) is -0.536. The van der Waals surface area contributed by atoms with Crippen LogP contribution < -0.4 is 10.1 Å². The molecule has 0 unspecified atom stereocenters. The fraction of sp³-hybridized carbons (Fsp3) is 0.176. The van der Waals surface area contributed by atoms with E-state index in [0.29, 0.717) is 11.4 Å². The summed E-state index contributed by atoms with van der Waals surface area (Å²) in [6.07, 6.45) is -0.318. The molecular weight excluding hydrogens is 266 g/mol. The first-order valence-electron chi connectivity index (χ1n) is 6.67. The van der Waals surface area contributed by atoms with Gasteiger partial charge in [0.1, 0.15) is 12.2 Å². The van der Waals surface area contributed by atoms with E-state index in [2.05, 4.69) is 5.32 Å². The molecule has 108 valence electrons. The van der Waals surface area contributed by atoms with Crippen LogP contribution in [-0.2, 0) is 9.59 Å². The van der Waals surface area contributed by atoms with E-state index in [1.165, 1.54) is 0 Å². The zero-order chi connectivity index (χ0) is 15.2. The maximum Gasteiger partial charge on any atom is 0.320 e. The Bertz CT molecular complexity index is 630. The quantitative estimate of drug-likeness (QED) is 0.532. The van der Waals surface area contributed by atoms with Crippen molar-refractivity contribution in [3.05, 3.63) is 59.7 Å². The first-order chi connectivity index (χ1) is 10.0. The van der Waals surface area contributed by atoms with E-state index >= 15 is 0 Å². The maximum absolute atomic E-state index is 11.8. The molecule has 21 heavy (non-hydrogen) atoms. The number of anilines is 1. The number of nitrogens with one attached hydrogen (secondary N) is 1.